The molecule has 1 fully saturated rings. The normalized spacial score (nSPS) is 17.8. The molecule has 1 saturated heterocycles. The Bertz CT molecular complexity index is 439. The summed E-state index contributed by atoms with van der Waals surface area (Å²) in [5.41, 5.74) is 0.621. The summed E-state index contributed by atoms with van der Waals surface area (Å²) < 4.78 is 0. The summed E-state index contributed by atoms with van der Waals surface area (Å²) in [6.45, 7) is 6.25. The molecule has 1 aliphatic rings. The Kier molecular flexibility index (Phi) is 4.78. The van der Waals surface area contributed by atoms with Crippen molar-refractivity contribution in [3.8, 4) is 0 Å². The Morgan fingerprint density at radius 3 is 2.60 bits per heavy atom. The number of likely N-dealkylation sites (tertiary alicyclic amines) is 1. The van der Waals surface area contributed by atoms with Gasteiger partial charge in [0.05, 0.1) is 12.1 Å². The highest BCUT2D eigenvalue weighted by atomic mass is 16.3. The molecule has 1 aromatic rings. The molecule has 110 valence electrons. The van der Waals surface area contributed by atoms with Crippen LogP contribution < -0.4 is 5.32 Å². The number of benzene rings is 1. The highest BCUT2D eigenvalue weighted by Gasteiger charge is 2.43. The second-order valence-corrected chi connectivity index (χ2v) is 5.99. The molecule has 20 heavy (non-hydrogen) atoms. The SMILES string of the molecule is CC(C)C1(O)CN(CC(=O)NCCc2ccccc2)C1. The minimum Gasteiger partial charge on any atom is -0.387 e. The Hall–Kier alpha value is -1.39. The summed E-state index contributed by atoms with van der Waals surface area (Å²) in [6.07, 6.45) is 0.850. The third-order valence-electron chi connectivity index (χ3n) is 4.02. The summed E-state index contributed by atoms with van der Waals surface area (Å²) in [4.78, 5) is 13.8. The molecule has 1 aromatic carbocycles. The zero-order valence-electron chi connectivity index (χ0n) is 12.3. The van der Waals surface area contributed by atoms with E-state index in [9.17, 15) is 9.90 Å². The fourth-order valence-corrected chi connectivity index (χ4v) is 2.45. The second kappa shape index (κ2) is 6.37. The molecule has 0 radical (unpaired) electrons. The van der Waals surface area contributed by atoms with E-state index in [1.54, 1.807) is 0 Å². The van der Waals surface area contributed by atoms with Crippen molar-refractivity contribution in [3.05, 3.63) is 35.9 Å². The van der Waals surface area contributed by atoms with Gasteiger partial charge in [-0.25, -0.2) is 0 Å². The molecule has 1 heterocycles. The van der Waals surface area contributed by atoms with Crippen LogP contribution in [-0.4, -0.2) is 47.7 Å². The van der Waals surface area contributed by atoms with E-state index < -0.39 is 5.60 Å². The van der Waals surface area contributed by atoms with Crippen LogP contribution in [0.25, 0.3) is 0 Å². The predicted molar refractivity (Wildman–Crippen MR) is 79.4 cm³/mol. The Balaban J connectivity index is 1.63. The zero-order chi connectivity index (χ0) is 14.6. The lowest BCUT2D eigenvalue weighted by molar-refractivity contribution is -0.142. The fraction of sp³-hybridized carbons (Fsp3) is 0.562. The number of nitrogens with one attached hydrogen (secondary N) is 1. The highest BCUT2D eigenvalue weighted by Crippen LogP contribution is 2.27. The smallest absolute Gasteiger partial charge is 0.234 e. The molecule has 4 nitrogen and oxygen atoms in total. The van der Waals surface area contributed by atoms with Crippen LogP contribution in [0.4, 0.5) is 0 Å². The molecule has 0 aliphatic carbocycles. The topological polar surface area (TPSA) is 52.6 Å². The van der Waals surface area contributed by atoms with Crippen LogP contribution in [0.3, 0.4) is 0 Å². The number of hydrogen-bond donors (Lipinski definition) is 2. The number of carbonyl (C=O) groups excluding carboxylic acids is 1. The van der Waals surface area contributed by atoms with Crippen molar-refractivity contribution in [2.45, 2.75) is 25.9 Å². The number of carbonyl (C=O) groups is 1. The van der Waals surface area contributed by atoms with Crippen LogP contribution in [0.1, 0.15) is 19.4 Å². The van der Waals surface area contributed by atoms with Gasteiger partial charge in [-0.05, 0) is 17.9 Å². The maximum atomic E-state index is 11.8. The van der Waals surface area contributed by atoms with Gasteiger partial charge in [0.25, 0.3) is 0 Å². The highest BCUT2D eigenvalue weighted by molar-refractivity contribution is 5.78. The Morgan fingerprint density at radius 1 is 1.35 bits per heavy atom. The molecule has 2 rings (SSSR count). The van der Waals surface area contributed by atoms with E-state index >= 15 is 0 Å². The lowest BCUT2D eigenvalue weighted by Crippen LogP contribution is -2.65. The number of rotatable bonds is 6. The molecule has 0 spiro atoms. The van der Waals surface area contributed by atoms with Crippen molar-refractivity contribution in [1.29, 1.82) is 0 Å². The Morgan fingerprint density at radius 2 is 2.00 bits per heavy atom. The van der Waals surface area contributed by atoms with E-state index in [1.807, 2.05) is 36.9 Å². The average Bonchev–Trinajstić information content (AvgIpc) is 2.37. The van der Waals surface area contributed by atoms with Crippen LogP contribution in [0.15, 0.2) is 30.3 Å². The minimum atomic E-state index is -0.607. The van der Waals surface area contributed by atoms with Gasteiger partial charge >= 0.3 is 0 Å². The van der Waals surface area contributed by atoms with Crippen LogP contribution in [-0.2, 0) is 11.2 Å². The van der Waals surface area contributed by atoms with Gasteiger partial charge in [-0.15, -0.1) is 0 Å². The molecular weight excluding hydrogens is 252 g/mol. The first-order valence-corrected chi connectivity index (χ1v) is 7.25. The van der Waals surface area contributed by atoms with Gasteiger partial charge in [0.1, 0.15) is 0 Å². The van der Waals surface area contributed by atoms with Gasteiger partial charge in [-0.1, -0.05) is 44.2 Å². The average molecular weight is 276 g/mol. The summed E-state index contributed by atoms with van der Waals surface area (Å²) >= 11 is 0. The van der Waals surface area contributed by atoms with E-state index in [0.29, 0.717) is 26.2 Å². The zero-order valence-corrected chi connectivity index (χ0v) is 12.3. The maximum absolute atomic E-state index is 11.8. The molecule has 0 unspecified atom stereocenters. The summed E-state index contributed by atoms with van der Waals surface area (Å²) in [7, 11) is 0. The maximum Gasteiger partial charge on any atom is 0.234 e. The van der Waals surface area contributed by atoms with Crippen molar-refractivity contribution >= 4 is 5.91 Å². The largest absolute Gasteiger partial charge is 0.387 e. The van der Waals surface area contributed by atoms with Gasteiger partial charge < -0.3 is 10.4 Å². The van der Waals surface area contributed by atoms with Crippen LogP contribution in [0.2, 0.25) is 0 Å². The first-order valence-electron chi connectivity index (χ1n) is 7.25. The van der Waals surface area contributed by atoms with Crippen molar-refractivity contribution < 1.29 is 9.90 Å². The molecule has 2 N–H and O–H groups in total. The number of nitrogens with zero attached hydrogens (tertiary/aromatic N) is 1. The standard InChI is InChI=1S/C16H24N2O2/c1-13(2)16(20)11-18(12-16)10-15(19)17-9-8-14-6-4-3-5-7-14/h3-7,13,20H,8-12H2,1-2H3,(H,17,19). The van der Waals surface area contributed by atoms with Crippen LogP contribution in [0, 0.1) is 5.92 Å². The number of hydrogen-bond acceptors (Lipinski definition) is 3. The number of amides is 1. The molecule has 0 bridgehead atoms. The Labute approximate surface area is 120 Å². The van der Waals surface area contributed by atoms with Crippen LogP contribution in [0.5, 0.6) is 0 Å². The molecule has 0 aromatic heterocycles. The lowest BCUT2D eigenvalue weighted by Gasteiger charge is -2.48. The summed E-state index contributed by atoms with van der Waals surface area (Å²) in [6, 6.07) is 10.1. The first kappa shape index (κ1) is 15.0. The molecule has 0 atom stereocenters. The molecule has 0 saturated carbocycles. The first-order chi connectivity index (χ1) is 9.49. The van der Waals surface area contributed by atoms with Gasteiger partial charge in [0, 0.05) is 19.6 Å². The monoisotopic (exact) mass is 276 g/mol. The molecular formula is C16H24N2O2. The third-order valence-corrected chi connectivity index (χ3v) is 4.02. The van der Waals surface area contributed by atoms with E-state index in [1.165, 1.54) is 5.56 Å². The van der Waals surface area contributed by atoms with Gasteiger partial charge in [-0.3, -0.25) is 9.69 Å². The van der Waals surface area contributed by atoms with Gasteiger partial charge in [0.15, 0.2) is 0 Å². The van der Waals surface area contributed by atoms with Crippen molar-refractivity contribution in [3.63, 3.8) is 0 Å². The fourth-order valence-electron chi connectivity index (χ4n) is 2.45. The third kappa shape index (κ3) is 3.81. The quantitative estimate of drug-likeness (QED) is 0.816. The lowest BCUT2D eigenvalue weighted by atomic mass is 9.83. The molecule has 4 heteroatoms. The summed E-state index contributed by atoms with van der Waals surface area (Å²) in [5.74, 6) is 0.270. The second-order valence-electron chi connectivity index (χ2n) is 5.99. The van der Waals surface area contributed by atoms with Gasteiger partial charge in [-0.2, -0.15) is 0 Å². The molecule has 1 aliphatic heterocycles. The number of β-amino-alcohol motifs (C(OH)–C–C–N with tert-alkyl or cyclic N) is 1. The summed E-state index contributed by atoms with van der Waals surface area (Å²) in [5, 5.41) is 13.0. The van der Waals surface area contributed by atoms with Crippen LogP contribution >= 0.6 is 0 Å². The van der Waals surface area contributed by atoms with E-state index in [-0.39, 0.29) is 11.8 Å². The van der Waals surface area contributed by atoms with E-state index in [4.69, 9.17) is 0 Å². The van der Waals surface area contributed by atoms with E-state index in [0.717, 1.165) is 6.42 Å². The predicted octanol–water partition coefficient (Wildman–Crippen LogP) is 1.05. The minimum absolute atomic E-state index is 0.0340. The van der Waals surface area contributed by atoms with Gasteiger partial charge in [0.2, 0.25) is 5.91 Å². The van der Waals surface area contributed by atoms with Crippen molar-refractivity contribution in [1.82, 2.24) is 10.2 Å². The van der Waals surface area contributed by atoms with Crippen molar-refractivity contribution in [2.75, 3.05) is 26.2 Å². The number of aliphatic hydroxyl groups is 1. The molecule has 1 amide bonds. The van der Waals surface area contributed by atoms with Crippen molar-refractivity contribution in [2.24, 2.45) is 5.92 Å². The van der Waals surface area contributed by atoms with E-state index in [2.05, 4.69) is 17.4 Å².